The molecule has 0 saturated heterocycles. The zero-order valence-electron chi connectivity index (χ0n) is 25.4. The second kappa shape index (κ2) is 9.04. The molecule has 0 bridgehead atoms. The summed E-state index contributed by atoms with van der Waals surface area (Å²) in [5, 5.41) is 10.5. The summed E-state index contributed by atoms with van der Waals surface area (Å²) in [5.41, 5.74) is 0.121. The van der Waals surface area contributed by atoms with Gasteiger partial charge in [0.2, 0.25) is 0 Å². The van der Waals surface area contributed by atoms with Crippen molar-refractivity contribution in [3.63, 3.8) is 0 Å². The first-order valence-corrected chi connectivity index (χ1v) is 15.5. The lowest BCUT2D eigenvalue weighted by Crippen LogP contribution is -2.66. The quantitative estimate of drug-likeness (QED) is 0.350. The highest BCUT2D eigenvalue weighted by Gasteiger charge is 2.70. The molecule has 5 aliphatic rings. The van der Waals surface area contributed by atoms with Crippen LogP contribution in [0.3, 0.4) is 0 Å². The van der Waals surface area contributed by atoms with E-state index in [1.807, 2.05) is 6.08 Å². The lowest BCUT2D eigenvalue weighted by atomic mass is 9.33. The van der Waals surface area contributed by atoms with Gasteiger partial charge in [-0.15, -0.1) is 0 Å². The summed E-state index contributed by atoms with van der Waals surface area (Å²) in [6, 6.07) is 0. The molecule has 0 radical (unpaired) electrons. The Morgan fingerprint density at radius 3 is 2.30 bits per heavy atom. The standard InChI is InChI=1S/C34H49F3O3/c1-21-8-11-29(4)24(30(21,5)20-38)9-12-31(6)25(29)18-23(39)27-22-19-28(2,3)14-16-33(22,17-15-32(27,31)7)26(40)10-13-34(35,36)37/h18,22,24,27,38H,1,8-17,19-20H2,2-7H3/t22-,24+,27-,29-,30+,31+,32+,33-/m0/s1. The number of allylic oxidation sites excluding steroid dienone is 2. The van der Waals surface area contributed by atoms with E-state index in [-0.39, 0.29) is 57.6 Å². The third kappa shape index (κ3) is 4.00. The molecule has 0 aromatic heterocycles. The van der Waals surface area contributed by atoms with Gasteiger partial charge in [0.15, 0.2) is 5.78 Å². The van der Waals surface area contributed by atoms with E-state index in [1.165, 1.54) is 5.57 Å². The van der Waals surface area contributed by atoms with E-state index in [0.29, 0.717) is 25.7 Å². The molecular weight excluding hydrogens is 513 g/mol. The summed E-state index contributed by atoms with van der Waals surface area (Å²) < 4.78 is 39.6. The maximum Gasteiger partial charge on any atom is 0.389 e. The monoisotopic (exact) mass is 562 g/mol. The molecule has 5 rings (SSSR count). The molecule has 8 atom stereocenters. The molecule has 224 valence electrons. The van der Waals surface area contributed by atoms with E-state index in [4.69, 9.17) is 0 Å². The van der Waals surface area contributed by atoms with Gasteiger partial charge in [-0.25, -0.2) is 0 Å². The molecule has 40 heavy (non-hydrogen) atoms. The number of carbonyl (C=O) groups excluding carboxylic acids is 2. The smallest absolute Gasteiger partial charge is 0.389 e. The van der Waals surface area contributed by atoms with Gasteiger partial charge in [0.25, 0.3) is 0 Å². The van der Waals surface area contributed by atoms with Crippen LogP contribution < -0.4 is 0 Å². The van der Waals surface area contributed by atoms with E-state index < -0.39 is 29.8 Å². The average molecular weight is 563 g/mol. The van der Waals surface area contributed by atoms with E-state index in [9.17, 15) is 27.9 Å². The lowest BCUT2D eigenvalue weighted by molar-refractivity contribution is -0.182. The molecule has 4 fully saturated rings. The number of hydrogen-bond acceptors (Lipinski definition) is 3. The van der Waals surface area contributed by atoms with Crippen molar-refractivity contribution in [2.45, 2.75) is 118 Å². The fourth-order valence-electron chi connectivity index (χ4n) is 10.9. The molecule has 0 heterocycles. The minimum absolute atomic E-state index is 0.0453. The third-order valence-corrected chi connectivity index (χ3v) is 13.7. The lowest BCUT2D eigenvalue weighted by Gasteiger charge is -2.70. The fourth-order valence-corrected chi connectivity index (χ4v) is 10.9. The Morgan fingerprint density at radius 1 is 1.02 bits per heavy atom. The van der Waals surface area contributed by atoms with Gasteiger partial charge in [-0.05, 0) is 97.4 Å². The van der Waals surface area contributed by atoms with E-state index in [0.717, 1.165) is 37.7 Å². The van der Waals surface area contributed by atoms with Crippen molar-refractivity contribution in [2.24, 2.45) is 50.2 Å². The SMILES string of the molecule is C=C1CC[C@]2(C)C3=CC(=O)[C@@H]4[C@@H]5CC(C)(C)CC[C@]5(C(=O)CCC(F)(F)F)CC[C@@]4(C)[C@]3(C)CC[C@H]2[C@]1(C)CO. The maximum atomic E-state index is 14.5. The van der Waals surface area contributed by atoms with Crippen molar-refractivity contribution < 1.29 is 27.9 Å². The Morgan fingerprint density at radius 2 is 1.68 bits per heavy atom. The summed E-state index contributed by atoms with van der Waals surface area (Å²) in [6.07, 6.45) is 2.83. The molecule has 6 heteroatoms. The molecule has 0 aromatic rings. The summed E-state index contributed by atoms with van der Waals surface area (Å²) >= 11 is 0. The molecule has 5 aliphatic carbocycles. The van der Waals surface area contributed by atoms with Crippen LogP contribution in [-0.4, -0.2) is 29.5 Å². The molecular formula is C34H49F3O3. The first-order valence-electron chi connectivity index (χ1n) is 15.5. The number of aliphatic hydroxyl groups is 1. The predicted octanol–water partition coefficient (Wildman–Crippen LogP) is 8.41. The number of rotatable bonds is 4. The van der Waals surface area contributed by atoms with Gasteiger partial charge in [-0.3, -0.25) is 9.59 Å². The molecule has 4 saturated carbocycles. The van der Waals surface area contributed by atoms with Crippen LogP contribution in [0.25, 0.3) is 0 Å². The van der Waals surface area contributed by atoms with Crippen LogP contribution in [-0.2, 0) is 9.59 Å². The largest absolute Gasteiger partial charge is 0.395 e. The third-order valence-electron chi connectivity index (χ3n) is 13.7. The average Bonchev–Trinajstić information content (AvgIpc) is 2.85. The highest BCUT2D eigenvalue weighted by atomic mass is 19.4. The normalized spacial score (nSPS) is 46.5. The summed E-state index contributed by atoms with van der Waals surface area (Å²) in [6.45, 7) is 17.7. The van der Waals surface area contributed by atoms with Crippen molar-refractivity contribution in [1.82, 2.24) is 0 Å². The highest BCUT2D eigenvalue weighted by Crippen LogP contribution is 2.75. The van der Waals surface area contributed by atoms with Crippen LogP contribution >= 0.6 is 0 Å². The van der Waals surface area contributed by atoms with Crippen LogP contribution in [0.15, 0.2) is 23.8 Å². The van der Waals surface area contributed by atoms with Gasteiger partial charge < -0.3 is 5.11 Å². The number of halogens is 3. The number of fused-ring (bicyclic) bond motifs is 7. The van der Waals surface area contributed by atoms with Gasteiger partial charge in [0.05, 0.1) is 13.0 Å². The zero-order chi connectivity index (χ0) is 29.7. The van der Waals surface area contributed by atoms with Crippen LogP contribution in [0, 0.1) is 50.2 Å². The van der Waals surface area contributed by atoms with Crippen molar-refractivity contribution >= 4 is 11.6 Å². The van der Waals surface area contributed by atoms with Crippen LogP contribution in [0.2, 0.25) is 0 Å². The topological polar surface area (TPSA) is 54.4 Å². The van der Waals surface area contributed by atoms with Crippen LogP contribution in [0.5, 0.6) is 0 Å². The first kappa shape index (κ1) is 30.0. The van der Waals surface area contributed by atoms with E-state index in [2.05, 4.69) is 48.1 Å². The van der Waals surface area contributed by atoms with Gasteiger partial charge in [0, 0.05) is 23.2 Å². The molecule has 0 unspecified atom stereocenters. The van der Waals surface area contributed by atoms with Crippen LogP contribution in [0.4, 0.5) is 13.2 Å². The second-order valence-corrected chi connectivity index (χ2v) is 16.0. The number of ketones is 2. The Kier molecular flexibility index (Phi) is 6.79. The Labute approximate surface area is 238 Å². The van der Waals surface area contributed by atoms with Gasteiger partial charge in [0.1, 0.15) is 5.78 Å². The number of Topliss-reactive ketones (excluding diaryl/α,β-unsaturated/α-hetero) is 1. The van der Waals surface area contributed by atoms with Gasteiger partial charge in [-0.2, -0.15) is 13.2 Å². The number of hydrogen-bond donors (Lipinski definition) is 1. The fraction of sp³-hybridized carbons (Fsp3) is 0.824. The zero-order valence-corrected chi connectivity index (χ0v) is 25.4. The molecule has 0 aliphatic heterocycles. The van der Waals surface area contributed by atoms with Gasteiger partial charge in [-0.1, -0.05) is 59.3 Å². The Balaban J connectivity index is 1.60. The number of carbonyl (C=O) groups is 2. The van der Waals surface area contributed by atoms with Crippen molar-refractivity contribution in [3.05, 3.63) is 23.8 Å². The maximum absolute atomic E-state index is 14.5. The van der Waals surface area contributed by atoms with Crippen molar-refractivity contribution in [2.75, 3.05) is 6.61 Å². The summed E-state index contributed by atoms with van der Waals surface area (Å²) in [4.78, 5) is 28.2. The molecule has 3 nitrogen and oxygen atoms in total. The molecule has 1 N–H and O–H groups in total. The highest BCUT2D eigenvalue weighted by molar-refractivity contribution is 5.97. The molecule has 0 amide bonds. The summed E-state index contributed by atoms with van der Waals surface area (Å²) in [5.74, 6) is -0.619. The number of alkyl halides is 3. The molecule has 0 aromatic carbocycles. The van der Waals surface area contributed by atoms with E-state index in [1.54, 1.807) is 0 Å². The predicted molar refractivity (Wildman–Crippen MR) is 150 cm³/mol. The van der Waals surface area contributed by atoms with Gasteiger partial charge >= 0.3 is 6.18 Å². The second-order valence-electron chi connectivity index (χ2n) is 16.0. The van der Waals surface area contributed by atoms with E-state index >= 15 is 0 Å². The molecule has 0 spiro atoms. The number of aliphatic hydroxyl groups excluding tert-OH is 1. The minimum atomic E-state index is -4.37. The van der Waals surface area contributed by atoms with Crippen LogP contribution in [0.1, 0.15) is 112 Å². The van der Waals surface area contributed by atoms with Crippen molar-refractivity contribution in [3.8, 4) is 0 Å². The Bertz CT molecular complexity index is 1150. The van der Waals surface area contributed by atoms with Crippen molar-refractivity contribution in [1.29, 1.82) is 0 Å². The Hall–Kier alpha value is -1.43. The summed E-state index contributed by atoms with van der Waals surface area (Å²) in [7, 11) is 0. The first-order chi connectivity index (χ1) is 18.3. The minimum Gasteiger partial charge on any atom is -0.395 e.